The summed E-state index contributed by atoms with van der Waals surface area (Å²) in [7, 11) is 0.972. The van der Waals surface area contributed by atoms with E-state index in [1.165, 1.54) is 0 Å². The Kier molecular flexibility index (Phi) is 8.71. The standard InChI is InChI=1S/C9H21NO2S/c1-4-6-10-9(7-12-3)8-13(11)5-2/h9-10H,4-8H2,1-3H3. The molecule has 0 fully saturated rings. The quantitative estimate of drug-likeness (QED) is 0.639. The molecule has 2 atom stereocenters. The lowest BCUT2D eigenvalue weighted by Gasteiger charge is -2.16. The summed E-state index contributed by atoms with van der Waals surface area (Å²) in [4.78, 5) is 0. The van der Waals surface area contributed by atoms with Crippen molar-refractivity contribution in [1.82, 2.24) is 5.32 Å². The second kappa shape index (κ2) is 8.66. The first-order chi connectivity index (χ1) is 6.24. The van der Waals surface area contributed by atoms with Gasteiger partial charge < -0.3 is 10.1 Å². The van der Waals surface area contributed by atoms with E-state index in [1.807, 2.05) is 6.92 Å². The van der Waals surface area contributed by atoms with Crippen LogP contribution in [-0.2, 0) is 15.5 Å². The molecule has 0 spiro atoms. The molecule has 0 aliphatic carbocycles. The zero-order valence-corrected chi connectivity index (χ0v) is 9.65. The average Bonchev–Trinajstić information content (AvgIpc) is 2.14. The molecule has 0 saturated carbocycles. The first-order valence-electron chi connectivity index (χ1n) is 4.81. The number of rotatable bonds is 8. The minimum absolute atomic E-state index is 0.241. The third-order valence-corrected chi connectivity index (χ3v) is 3.18. The highest BCUT2D eigenvalue weighted by Gasteiger charge is 2.09. The molecule has 0 aliphatic rings. The molecule has 0 radical (unpaired) electrons. The van der Waals surface area contributed by atoms with Gasteiger partial charge in [-0.05, 0) is 13.0 Å². The second-order valence-electron chi connectivity index (χ2n) is 3.00. The molecule has 2 unspecified atom stereocenters. The van der Waals surface area contributed by atoms with E-state index in [0.29, 0.717) is 12.4 Å². The Morgan fingerprint density at radius 1 is 1.46 bits per heavy atom. The molecule has 0 amide bonds. The Labute approximate surface area is 83.7 Å². The van der Waals surface area contributed by atoms with Crippen molar-refractivity contribution in [3.8, 4) is 0 Å². The first kappa shape index (κ1) is 13.1. The minimum Gasteiger partial charge on any atom is -0.383 e. The number of nitrogens with one attached hydrogen (secondary N) is 1. The van der Waals surface area contributed by atoms with Crippen molar-refractivity contribution in [2.75, 3.05) is 31.8 Å². The van der Waals surface area contributed by atoms with Crippen LogP contribution in [0.1, 0.15) is 20.3 Å². The molecular formula is C9H21NO2S. The molecule has 0 rings (SSSR count). The van der Waals surface area contributed by atoms with Gasteiger partial charge >= 0.3 is 0 Å². The summed E-state index contributed by atoms with van der Waals surface area (Å²) in [5.41, 5.74) is 0. The van der Waals surface area contributed by atoms with Crippen molar-refractivity contribution in [2.45, 2.75) is 26.3 Å². The van der Waals surface area contributed by atoms with Crippen LogP contribution in [0.5, 0.6) is 0 Å². The Bertz CT molecular complexity index is 142. The second-order valence-corrected chi connectivity index (χ2v) is 4.79. The summed E-state index contributed by atoms with van der Waals surface area (Å²) in [6, 6.07) is 0.241. The lowest BCUT2D eigenvalue weighted by atomic mass is 10.3. The molecule has 0 bridgehead atoms. The van der Waals surface area contributed by atoms with Crippen LogP contribution in [0.2, 0.25) is 0 Å². The third kappa shape index (κ3) is 7.16. The van der Waals surface area contributed by atoms with Crippen LogP contribution in [-0.4, -0.2) is 42.0 Å². The van der Waals surface area contributed by atoms with Crippen molar-refractivity contribution >= 4 is 10.8 Å². The average molecular weight is 207 g/mol. The van der Waals surface area contributed by atoms with Crippen molar-refractivity contribution in [1.29, 1.82) is 0 Å². The van der Waals surface area contributed by atoms with Gasteiger partial charge in [-0.3, -0.25) is 4.21 Å². The van der Waals surface area contributed by atoms with Crippen LogP contribution in [0.4, 0.5) is 0 Å². The number of ether oxygens (including phenoxy) is 1. The van der Waals surface area contributed by atoms with Gasteiger partial charge in [0.25, 0.3) is 0 Å². The minimum atomic E-state index is -0.705. The van der Waals surface area contributed by atoms with Gasteiger partial charge in [-0.25, -0.2) is 0 Å². The van der Waals surface area contributed by atoms with Crippen molar-refractivity contribution in [3.05, 3.63) is 0 Å². The van der Waals surface area contributed by atoms with E-state index >= 15 is 0 Å². The Morgan fingerprint density at radius 3 is 2.62 bits per heavy atom. The SMILES string of the molecule is CCCNC(COC)CS(=O)CC. The Balaban J connectivity index is 3.71. The zero-order chi connectivity index (χ0) is 10.1. The van der Waals surface area contributed by atoms with E-state index in [4.69, 9.17) is 4.74 Å². The van der Waals surface area contributed by atoms with Crippen LogP contribution in [0.15, 0.2) is 0 Å². The normalized spacial score (nSPS) is 15.6. The molecule has 0 aliphatic heterocycles. The maximum Gasteiger partial charge on any atom is 0.0624 e. The van der Waals surface area contributed by atoms with Crippen molar-refractivity contribution in [2.24, 2.45) is 0 Å². The van der Waals surface area contributed by atoms with Crippen molar-refractivity contribution < 1.29 is 8.95 Å². The fourth-order valence-electron chi connectivity index (χ4n) is 1.06. The molecule has 13 heavy (non-hydrogen) atoms. The number of hydrogen-bond acceptors (Lipinski definition) is 3. The van der Waals surface area contributed by atoms with E-state index in [-0.39, 0.29) is 6.04 Å². The number of hydrogen-bond donors (Lipinski definition) is 1. The van der Waals surface area contributed by atoms with Gasteiger partial charge in [0.1, 0.15) is 0 Å². The molecule has 80 valence electrons. The molecule has 3 nitrogen and oxygen atoms in total. The molecular weight excluding hydrogens is 186 g/mol. The highest BCUT2D eigenvalue weighted by Crippen LogP contribution is 1.91. The molecule has 4 heteroatoms. The van der Waals surface area contributed by atoms with Crippen LogP contribution < -0.4 is 5.32 Å². The van der Waals surface area contributed by atoms with Crippen LogP contribution >= 0.6 is 0 Å². The van der Waals surface area contributed by atoms with Gasteiger partial charge in [-0.1, -0.05) is 13.8 Å². The fourth-order valence-corrected chi connectivity index (χ4v) is 1.96. The van der Waals surface area contributed by atoms with Gasteiger partial charge in [0.15, 0.2) is 0 Å². The largest absolute Gasteiger partial charge is 0.383 e. The molecule has 0 heterocycles. The highest BCUT2D eigenvalue weighted by atomic mass is 32.2. The van der Waals surface area contributed by atoms with E-state index in [2.05, 4.69) is 12.2 Å². The summed E-state index contributed by atoms with van der Waals surface area (Å²) in [5.74, 6) is 1.43. The van der Waals surface area contributed by atoms with Crippen molar-refractivity contribution in [3.63, 3.8) is 0 Å². The topological polar surface area (TPSA) is 38.3 Å². The monoisotopic (exact) mass is 207 g/mol. The van der Waals surface area contributed by atoms with Gasteiger partial charge in [-0.15, -0.1) is 0 Å². The predicted molar refractivity (Wildman–Crippen MR) is 57.5 cm³/mol. The molecule has 0 aromatic carbocycles. The van der Waals surface area contributed by atoms with Crippen LogP contribution in [0.25, 0.3) is 0 Å². The zero-order valence-electron chi connectivity index (χ0n) is 8.84. The molecule has 0 aromatic heterocycles. The van der Waals surface area contributed by atoms with E-state index in [9.17, 15) is 4.21 Å². The van der Waals surface area contributed by atoms with E-state index < -0.39 is 10.8 Å². The van der Waals surface area contributed by atoms with Gasteiger partial charge in [0.2, 0.25) is 0 Å². The maximum atomic E-state index is 11.3. The fraction of sp³-hybridized carbons (Fsp3) is 1.00. The lowest BCUT2D eigenvalue weighted by Crippen LogP contribution is -2.38. The van der Waals surface area contributed by atoms with Gasteiger partial charge in [0, 0.05) is 35.5 Å². The molecule has 1 N–H and O–H groups in total. The van der Waals surface area contributed by atoms with Gasteiger partial charge in [0.05, 0.1) is 6.61 Å². The van der Waals surface area contributed by atoms with E-state index in [0.717, 1.165) is 18.7 Å². The van der Waals surface area contributed by atoms with Crippen LogP contribution in [0, 0.1) is 0 Å². The molecule has 0 saturated heterocycles. The third-order valence-electron chi connectivity index (χ3n) is 1.76. The van der Waals surface area contributed by atoms with E-state index in [1.54, 1.807) is 7.11 Å². The summed E-state index contributed by atoms with van der Waals surface area (Å²) >= 11 is 0. The highest BCUT2D eigenvalue weighted by molar-refractivity contribution is 7.84. The maximum absolute atomic E-state index is 11.3. The number of methoxy groups -OCH3 is 1. The molecule has 0 aromatic rings. The van der Waals surface area contributed by atoms with Crippen LogP contribution in [0.3, 0.4) is 0 Å². The Morgan fingerprint density at radius 2 is 2.15 bits per heavy atom. The summed E-state index contributed by atoms with van der Waals surface area (Å²) < 4.78 is 16.3. The summed E-state index contributed by atoms with van der Waals surface area (Å²) in [5, 5.41) is 3.32. The predicted octanol–water partition coefficient (Wildman–Crippen LogP) is 0.770. The first-order valence-corrected chi connectivity index (χ1v) is 6.30. The summed E-state index contributed by atoms with van der Waals surface area (Å²) in [6.45, 7) is 5.67. The Hall–Kier alpha value is 0.0700. The van der Waals surface area contributed by atoms with Gasteiger partial charge in [-0.2, -0.15) is 0 Å². The smallest absolute Gasteiger partial charge is 0.0624 e. The lowest BCUT2D eigenvalue weighted by molar-refractivity contribution is 0.173. The summed E-state index contributed by atoms with van der Waals surface area (Å²) in [6.07, 6.45) is 1.10.